The van der Waals surface area contributed by atoms with E-state index in [9.17, 15) is 4.79 Å². The number of ether oxygens (including phenoxy) is 2. The predicted molar refractivity (Wildman–Crippen MR) is 94.9 cm³/mol. The van der Waals surface area contributed by atoms with Crippen molar-refractivity contribution in [2.75, 3.05) is 52.9 Å². The number of rotatable bonds is 5. The van der Waals surface area contributed by atoms with Crippen LogP contribution in [0.2, 0.25) is 0 Å². The fourth-order valence-electron chi connectivity index (χ4n) is 2.77. The second-order valence-corrected chi connectivity index (χ2v) is 7.09. The topological polar surface area (TPSA) is 42.0 Å². The van der Waals surface area contributed by atoms with Crippen LogP contribution in [0.15, 0.2) is 18.2 Å². The lowest BCUT2D eigenvalue weighted by atomic mass is 10.1. The van der Waals surface area contributed by atoms with Crippen molar-refractivity contribution < 1.29 is 14.3 Å². The van der Waals surface area contributed by atoms with Crippen molar-refractivity contribution in [3.8, 4) is 11.5 Å². The van der Waals surface area contributed by atoms with E-state index >= 15 is 0 Å². The minimum absolute atomic E-state index is 0.0524. The lowest BCUT2D eigenvalue weighted by Crippen LogP contribution is -2.46. The molecule has 5 nitrogen and oxygen atoms in total. The molecule has 0 radical (unpaired) electrons. The molecule has 1 fully saturated rings. The summed E-state index contributed by atoms with van der Waals surface area (Å²) >= 11 is 1.93. The Morgan fingerprint density at radius 2 is 1.91 bits per heavy atom. The van der Waals surface area contributed by atoms with Crippen LogP contribution in [-0.2, 0) is 0 Å². The third-order valence-corrected chi connectivity index (χ3v) is 5.07. The van der Waals surface area contributed by atoms with Crippen molar-refractivity contribution in [2.45, 2.75) is 12.5 Å². The number of hydrogen-bond acceptors (Lipinski definition) is 5. The van der Waals surface area contributed by atoms with Crippen LogP contribution < -0.4 is 9.47 Å². The monoisotopic (exact) mass is 338 g/mol. The Morgan fingerprint density at radius 3 is 2.48 bits per heavy atom. The summed E-state index contributed by atoms with van der Waals surface area (Å²) < 4.78 is 10.6. The minimum atomic E-state index is 0.0524. The van der Waals surface area contributed by atoms with Crippen LogP contribution >= 0.6 is 11.8 Å². The van der Waals surface area contributed by atoms with Crippen LogP contribution in [0.1, 0.15) is 16.8 Å². The van der Waals surface area contributed by atoms with E-state index in [0.717, 1.165) is 31.0 Å². The molecule has 1 amide bonds. The first-order chi connectivity index (χ1) is 11.0. The van der Waals surface area contributed by atoms with E-state index in [2.05, 4.69) is 4.90 Å². The highest BCUT2D eigenvalue weighted by molar-refractivity contribution is 7.99. The van der Waals surface area contributed by atoms with Gasteiger partial charge in [-0.3, -0.25) is 4.79 Å². The Kier molecular flexibility index (Phi) is 6.59. The first-order valence-corrected chi connectivity index (χ1v) is 8.97. The highest BCUT2D eigenvalue weighted by atomic mass is 32.2. The summed E-state index contributed by atoms with van der Waals surface area (Å²) in [5.74, 6) is 3.42. The van der Waals surface area contributed by atoms with Gasteiger partial charge in [0.15, 0.2) is 0 Å². The van der Waals surface area contributed by atoms with E-state index in [1.165, 1.54) is 0 Å². The number of likely N-dealkylation sites (N-methyl/N-ethyl adjacent to an activating group) is 1. The van der Waals surface area contributed by atoms with E-state index in [1.807, 2.05) is 30.8 Å². The van der Waals surface area contributed by atoms with Crippen molar-refractivity contribution >= 4 is 17.7 Å². The smallest absolute Gasteiger partial charge is 0.254 e. The molecule has 23 heavy (non-hydrogen) atoms. The van der Waals surface area contributed by atoms with Gasteiger partial charge in [-0.15, -0.1) is 0 Å². The first kappa shape index (κ1) is 17.9. The molecule has 128 valence electrons. The lowest BCUT2D eigenvalue weighted by Gasteiger charge is -2.32. The van der Waals surface area contributed by atoms with Gasteiger partial charge in [-0.25, -0.2) is 0 Å². The largest absolute Gasteiger partial charge is 0.497 e. The maximum atomic E-state index is 13.1. The lowest BCUT2D eigenvalue weighted by molar-refractivity contribution is 0.0675. The predicted octanol–water partition coefficient (Wildman–Crippen LogP) is 2.21. The highest BCUT2D eigenvalue weighted by Crippen LogP contribution is 2.25. The van der Waals surface area contributed by atoms with Crippen molar-refractivity contribution in [1.29, 1.82) is 0 Å². The number of amides is 1. The Balaban J connectivity index is 2.28. The number of carbonyl (C=O) groups is 1. The molecule has 0 saturated carbocycles. The van der Waals surface area contributed by atoms with Gasteiger partial charge in [-0.05, 0) is 38.4 Å². The average molecular weight is 338 g/mol. The van der Waals surface area contributed by atoms with Gasteiger partial charge >= 0.3 is 0 Å². The van der Waals surface area contributed by atoms with Crippen molar-refractivity contribution in [3.05, 3.63) is 23.8 Å². The molecule has 0 spiro atoms. The molecule has 1 aliphatic heterocycles. The minimum Gasteiger partial charge on any atom is -0.497 e. The van der Waals surface area contributed by atoms with Crippen LogP contribution in [0.3, 0.4) is 0 Å². The van der Waals surface area contributed by atoms with Crippen LogP contribution in [0.4, 0.5) is 0 Å². The molecule has 0 N–H and O–H groups in total. The van der Waals surface area contributed by atoms with Crippen LogP contribution in [0.5, 0.6) is 11.5 Å². The molecule has 1 aliphatic rings. The number of carbonyl (C=O) groups excluding carboxylic acids is 1. The molecule has 6 heteroatoms. The zero-order chi connectivity index (χ0) is 16.8. The zero-order valence-electron chi connectivity index (χ0n) is 14.4. The maximum Gasteiger partial charge on any atom is 0.254 e. The van der Waals surface area contributed by atoms with Gasteiger partial charge in [0.2, 0.25) is 0 Å². The summed E-state index contributed by atoms with van der Waals surface area (Å²) in [5, 5.41) is 0. The zero-order valence-corrected chi connectivity index (χ0v) is 15.2. The molecule has 1 atom stereocenters. The molecule has 1 heterocycles. The van der Waals surface area contributed by atoms with Crippen LogP contribution in [0, 0.1) is 0 Å². The van der Waals surface area contributed by atoms with Crippen LogP contribution in [-0.4, -0.2) is 74.7 Å². The Hall–Kier alpha value is -1.40. The molecule has 1 aromatic rings. The number of nitrogens with zero attached hydrogens (tertiary/aromatic N) is 2. The van der Waals surface area contributed by atoms with Gasteiger partial charge in [0.1, 0.15) is 11.5 Å². The van der Waals surface area contributed by atoms with E-state index in [-0.39, 0.29) is 11.9 Å². The SMILES string of the molecule is COc1cc(OC)cc(C(=O)N2CCCSC[C@H]2CN(C)C)c1. The van der Waals surface area contributed by atoms with E-state index in [4.69, 9.17) is 9.47 Å². The summed E-state index contributed by atoms with van der Waals surface area (Å²) in [6.07, 6.45) is 1.03. The summed E-state index contributed by atoms with van der Waals surface area (Å²) in [6.45, 7) is 1.67. The first-order valence-electron chi connectivity index (χ1n) is 7.81. The van der Waals surface area contributed by atoms with Gasteiger partial charge in [-0.1, -0.05) is 0 Å². The summed E-state index contributed by atoms with van der Waals surface area (Å²) in [4.78, 5) is 17.2. The summed E-state index contributed by atoms with van der Waals surface area (Å²) in [5.41, 5.74) is 0.622. The normalized spacial score (nSPS) is 18.7. The fourth-order valence-corrected chi connectivity index (χ4v) is 3.82. The van der Waals surface area contributed by atoms with Crippen molar-refractivity contribution in [3.63, 3.8) is 0 Å². The second-order valence-electron chi connectivity index (χ2n) is 5.94. The number of hydrogen-bond donors (Lipinski definition) is 0. The summed E-state index contributed by atoms with van der Waals surface area (Å²) in [7, 11) is 7.29. The van der Waals surface area contributed by atoms with Gasteiger partial charge in [0.25, 0.3) is 5.91 Å². The molecular formula is C17H26N2O3S. The van der Waals surface area contributed by atoms with E-state index in [1.54, 1.807) is 32.4 Å². The third kappa shape index (κ3) is 4.78. The van der Waals surface area contributed by atoms with Crippen molar-refractivity contribution in [2.24, 2.45) is 0 Å². The molecule has 0 aromatic heterocycles. The summed E-state index contributed by atoms with van der Waals surface area (Å²) in [6, 6.07) is 5.58. The van der Waals surface area contributed by atoms with E-state index in [0.29, 0.717) is 17.1 Å². The molecule has 1 aromatic carbocycles. The molecule has 2 rings (SSSR count). The molecule has 1 saturated heterocycles. The molecule has 0 bridgehead atoms. The van der Waals surface area contributed by atoms with Gasteiger partial charge < -0.3 is 19.3 Å². The number of benzene rings is 1. The standard InChI is InChI=1S/C17H26N2O3S/c1-18(2)11-14-12-23-7-5-6-19(14)17(20)13-8-15(21-3)10-16(9-13)22-4/h8-10,14H,5-7,11-12H2,1-4H3/t14-/m1/s1. The van der Waals surface area contributed by atoms with Crippen molar-refractivity contribution in [1.82, 2.24) is 9.80 Å². The number of methoxy groups -OCH3 is 2. The third-order valence-electron chi connectivity index (χ3n) is 3.87. The number of thioether (sulfide) groups is 1. The Bertz CT molecular complexity index is 514. The Labute approximate surface area is 142 Å². The average Bonchev–Trinajstić information content (AvgIpc) is 2.78. The van der Waals surface area contributed by atoms with E-state index < -0.39 is 0 Å². The van der Waals surface area contributed by atoms with Gasteiger partial charge in [0.05, 0.1) is 20.3 Å². The van der Waals surface area contributed by atoms with Crippen LogP contribution in [0.25, 0.3) is 0 Å². The molecule has 0 aliphatic carbocycles. The second kappa shape index (κ2) is 8.45. The quantitative estimate of drug-likeness (QED) is 0.823. The van der Waals surface area contributed by atoms with Gasteiger partial charge in [0, 0.05) is 30.5 Å². The Morgan fingerprint density at radius 1 is 1.26 bits per heavy atom. The molecular weight excluding hydrogens is 312 g/mol. The molecule has 0 unspecified atom stereocenters. The van der Waals surface area contributed by atoms with Gasteiger partial charge in [-0.2, -0.15) is 11.8 Å². The maximum absolute atomic E-state index is 13.1. The highest BCUT2D eigenvalue weighted by Gasteiger charge is 2.27. The fraction of sp³-hybridized carbons (Fsp3) is 0.588.